The maximum Gasteiger partial charge on any atom is 0.191 e. The van der Waals surface area contributed by atoms with Gasteiger partial charge in [0.25, 0.3) is 0 Å². The lowest BCUT2D eigenvalue weighted by atomic mass is 10.1. The van der Waals surface area contributed by atoms with Crippen LogP contribution in [0, 0.1) is 5.92 Å². The number of aromatic nitrogens is 1. The summed E-state index contributed by atoms with van der Waals surface area (Å²) in [6, 6.07) is 4.22. The zero-order valence-electron chi connectivity index (χ0n) is 16.5. The maximum atomic E-state index is 5.58. The van der Waals surface area contributed by atoms with Crippen LogP contribution in [0.2, 0.25) is 0 Å². The van der Waals surface area contributed by atoms with Crippen molar-refractivity contribution in [3.05, 3.63) is 23.9 Å². The van der Waals surface area contributed by atoms with E-state index < -0.39 is 0 Å². The average molecular weight is 475 g/mol. The molecule has 0 saturated carbocycles. The second-order valence-corrected chi connectivity index (χ2v) is 7.04. The molecule has 0 aliphatic carbocycles. The van der Waals surface area contributed by atoms with Gasteiger partial charge in [0.05, 0.1) is 12.7 Å². The van der Waals surface area contributed by atoms with Gasteiger partial charge in [0, 0.05) is 39.4 Å². The van der Waals surface area contributed by atoms with Crippen LogP contribution in [0.4, 0.5) is 5.82 Å². The van der Waals surface area contributed by atoms with E-state index in [-0.39, 0.29) is 30.1 Å². The Labute approximate surface area is 175 Å². The van der Waals surface area contributed by atoms with E-state index in [0.29, 0.717) is 0 Å². The number of aliphatic imine (C=N–C) groups is 1. The highest BCUT2D eigenvalue weighted by atomic mass is 127. The highest BCUT2D eigenvalue weighted by molar-refractivity contribution is 14.0. The lowest BCUT2D eigenvalue weighted by Crippen LogP contribution is -2.41. The second kappa shape index (κ2) is 12.3. The predicted octanol–water partition coefficient (Wildman–Crippen LogP) is 3.03. The number of pyridine rings is 1. The summed E-state index contributed by atoms with van der Waals surface area (Å²) < 4.78 is 5.58. The molecule has 2 heterocycles. The fourth-order valence-electron chi connectivity index (χ4n) is 2.86. The molecule has 1 saturated heterocycles. The van der Waals surface area contributed by atoms with E-state index in [9.17, 15) is 0 Å². The average Bonchev–Trinajstić information content (AvgIpc) is 2.61. The van der Waals surface area contributed by atoms with Crippen molar-refractivity contribution < 1.29 is 4.74 Å². The van der Waals surface area contributed by atoms with Gasteiger partial charge in [-0.2, -0.15) is 0 Å². The fourth-order valence-corrected chi connectivity index (χ4v) is 2.86. The molecule has 1 atom stereocenters. The molecule has 2 N–H and O–H groups in total. The van der Waals surface area contributed by atoms with Crippen molar-refractivity contribution in [2.24, 2.45) is 10.9 Å². The monoisotopic (exact) mass is 475 g/mol. The molecule has 1 aromatic heterocycles. The number of morpholine rings is 1. The van der Waals surface area contributed by atoms with Crippen molar-refractivity contribution in [1.82, 2.24) is 15.6 Å². The molecule has 6 nitrogen and oxygen atoms in total. The molecule has 0 amide bonds. The maximum absolute atomic E-state index is 5.58. The topological polar surface area (TPSA) is 61.8 Å². The summed E-state index contributed by atoms with van der Waals surface area (Å²) in [5, 5.41) is 6.70. The van der Waals surface area contributed by atoms with Crippen LogP contribution in [-0.4, -0.2) is 50.3 Å². The van der Waals surface area contributed by atoms with Crippen molar-refractivity contribution in [2.45, 2.75) is 46.3 Å². The molecular weight excluding hydrogens is 441 g/mol. The number of rotatable bonds is 7. The predicted molar refractivity (Wildman–Crippen MR) is 120 cm³/mol. The first kappa shape index (κ1) is 23.0. The van der Waals surface area contributed by atoms with E-state index in [1.54, 1.807) is 7.05 Å². The van der Waals surface area contributed by atoms with Gasteiger partial charge in [-0.1, -0.05) is 19.9 Å². The Hall–Kier alpha value is -1.09. The highest BCUT2D eigenvalue weighted by Crippen LogP contribution is 2.15. The summed E-state index contributed by atoms with van der Waals surface area (Å²) in [6.07, 6.45) is 4.60. The zero-order chi connectivity index (χ0) is 18.1. The van der Waals surface area contributed by atoms with Crippen molar-refractivity contribution in [2.75, 3.05) is 38.2 Å². The highest BCUT2D eigenvalue weighted by Gasteiger charge is 2.17. The Balaban J connectivity index is 0.00000338. The summed E-state index contributed by atoms with van der Waals surface area (Å²) in [5.74, 6) is 2.61. The smallest absolute Gasteiger partial charge is 0.191 e. The van der Waals surface area contributed by atoms with Gasteiger partial charge in [-0.05, 0) is 37.3 Å². The molecule has 1 aliphatic rings. The molecule has 1 aromatic rings. The van der Waals surface area contributed by atoms with Crippen molar-refractivity contribution in [3.63, 3.8) is 0 Å². The molecular formula is C19H34IN5O. The largest absolute Gasteiger partial charge is 0.375 e. The van der Waals surface area contributed by atoms with Crippen LogP contribution < -0.4 is 15.5 Å². The molecule has 148 valence electrons. The third-order valence-corrected chi connectivity index (χ3v) is 4.31. The molecule has 26 heavy (non-hydrogen) atoms. The first-order valence-electron chi connectivity index (χ1n) is 9.34. The Morgan fingerprint density at radius 2 is 2.19 bits per heavy atom. The molecule has 7 heteroatoms. The van der Waals surface area contributed by atoms with Crippen LogP contribution in [0.5, 0.6) is 0 Å². The van der Waals surface area contributed by atoms with Gasteiger partial charge in [-0.25, -0.2) is 4.98 Å². The summed E-state index contributed by atoms with van der Waals surface area (Å²) >= 11 is 0. The van der Waals surface area contributed by atoms with Crippen molar-refractivity contribution >= 4 is 35.8 Å². The van der Waals surface area contributed by atoms with Gasteiger partial charge in [0.15, 0.2) is 5.96 Å². The number of hydrogen-bond donors (Lipinski definition) is 2. The Kier molecular flexibility index (Phi) is 10.9. The molecule has 0 radical (unpaired) electrons. The number of anilines is 1. The third-order valence-electron chi connectivity index (χ3n) is 4.31. The van der Waals surface area contributed by atoms with E-state index in [1.807, 2.05) is 6.20 Å². The van der Waals surface area contributed by atoms with E-state index in [0.717, 1.165) is 62.5 Å². The summed E-state index contributed by atoms with van der Waals surface area (Å²) in [4.78, 5) is 11.2. The van der Waals surface area contributed by atoms with Crippen LogP contribution in [0.1, 0.15) is 39.2 Å². The van der Waals surface area contributed by atoms with E-state index >= 15 is 0 Å². The van der Waals surface area contributed by atoms with E-state index in [1.165, 1.54) is 6.42 Å². The van der Waals surface area contributed by atoms with Crippen molar-refractivity contribution in [3.8, 4) is 0 Å². The van der Waals surface area contributed by atoms with Gasteiger partial charge < -0.3 is 20.3 Å². The fraction of sp³-hybridized carbons (Fsp3) is 0.684. The standard InChI is InChI=1S/C19H33N5O.HI/c1-15(2)6-5-9-21-19(20-4)23-13-17-7-8-18(22-12-17)24-10-11-25-16(3)14-24;/h7-8,12,15-16H,5-6,9-11,13-14H2,1-4H3,(H2,20,21,23);1H. The quantitative estimate of drug-likeness (QED) is 0.275. The summed E-state index contributed by atoms with van der Waals surface area (Å²) in [7, 11) is 1.80. The minimum Gasteiger partial charge on any atom is -0.375 e. The summed E-state index contributed by atoms with van der Waals surface area (Å²) in [6.45, 7) is 10.8. The van der Waals surface area contributed by atoms with Gasteiger partial charge in [-0.15, -0.1) is 24.0 Å². The number of nitrogens with zero attached hydrogens (tertiary/aromatic N) is 3. The number of halogens is 1. The molecule has 2 rings (SSSR count). The minimum absolute atomic E-state index is 0. The SMILES string of the molecule is CN=C(NCCCC(C)C)NCc1ccc(N2CCOC(C)C2)nc1.I. The normalized spacial score (nSPS) is 17.8. The lowest BCUT2D eigenvalue weighted by molar-refractivity contribution is 0.0529. The van der Waals surface area contributed by atoms with Crippen LogP contribution >= 0.6 is 24.0 Å². The number of nitrogens with one attached hydrogen (secondary N) is 2. The Bertz CT molecular complexity index is 535. The van der Waals surface area contributed by atoms with Gasteiger partial charge in [-0.3, -0.25) is 4.99 Å². The molecule has 1 unspecified atom stereocenters. The third kappa shape index (κ3) is 8.07. The van der Waals surface area contributed by atoms with Gasteiger partial charge >= 0.3 is 0 Å². The van der Waals surface area contributed by atoms with Crippen molar-refractivity contribution in [1.29, 1.82) is 0 Å². The number of ether oxygens (including phenoxy) is 1. The zero-order valence-corrected chi connectivity index (χ0v) is 18.8. The molecule has 0 spiro atoms. The molecule has 1 aliphatic heterocycles. The van der Waals surface area contributed by atoms with E-state index in [2.05, 4.69) is 58.4 Å². The second-order valence-electron chi connectivity index (χ2n) is 7.04. The number of guanidine groups is 1. The van der Waals surface area contributed by atoms with Crippen LogP contribution in [0.3, 0.4) is 0 Å². The van der Waals surface area contributed by atoms with Gasteiger partial charge in [0.1, 0.15) is 5.82 Å². The molecule has 0 bridgehead atoms. The van der Waals surface area contributed by atoms with Crippen LogP contribution in [-0.2, 0) is 11.3 Å². The van der Waals surface area contributed by atoms with Gasteiger partial charge in [0.2, 0.25) is 0 Å². The summed E-state index contributed by atoms with van der Waals surface area (Å²) in [5.41, 5.74) is 1.15. The van der Waals surface area contributed by atoms with Crippen LogP contribution in [0.15, 0.2) is 23.3 Å². The van der Waals surface area contributed by atoms with E-state index in [4.69, 9.17) is 4.74 Å². The Morgan fingerprint density at radius 1 is 1.38 bits per heavy atom. The molecule has 1 fully saturated rings. The van der Waals surface area contributed by atoms with Crippen LogP contribution in [0.25, 0.3) is 0 Å². The minimum atomic E-state index is 0. The number of hydrogen-bond acceptors (Lipinski definition) is 4. The Morgan fingerprint density at radius 3 is 2.81 bits per heavy atom. The first-order valence-corrected chi connectivity index (χ1v) is 9.34. The molecule has 0 aromatic carbocycles. The lowest BCUT2D eigenvalue weighted by Gasteiger charge is -2.32. The first-order chi connectivity index (χ1) is 12.1.